The highest BCUT2D eigenvalue weighted by atomic mass is 32.2. The lowest BCUT2D eigenvalue weighted by atomic mass is 10.0. The number of thiophene rings is 1. The number of allylic oxidation sites excluding steroid dienone is 1. The van der Waals surface area contributed by atoms with Crippen molar-refractivity contribution in [3.05, 3.63) is 39.6 Å². The molecule has 4 heteroatoms. The van der Waals surface area contributed by atoms with Gasteiger partial charge in [-0.05, 0) is 35.2 Å². The third-order valence-corrected chi connectivity index (χ3v) is 6.48. The van der Waals surface area contributed by atoms with Crippen molar-refractivity contribution in [1.82, 2.24) is 4.90 Å². The van der Waals surface area contributed by atoms with Crippen molar-refractivity contribution in [3.8, 4) is 0 Å². The Morgan fingerprint density at radius 3 is 2.90 bits per heavy atom. The number of hydrogen-bond acceptors (Lipinski definition) is 4. The number of nitrogens with zero attached hydrogens (tertiary/aromatic N) is 2. The molecule has 4 rings (SSSR count). The third kappa shape index (κ3) is 1.96. The molecule has 0 saturated heterocycles. The van der Waals surface area contributed by atoms with Gasteiger partial charge in [0.2, 0.25) is 0 Å². The molecule has 21 heavy (non-hydrogen) atoms. The van der Waals surface area contributed by atoms with E-state index in [1.54, 1.807) is 0 Å². The second kappa shape index (κ2) is 4.89. The summed E-state index contributed by atoms with van der Waals surface area (Å²) in [4.78, 5) is 8.54. The number of hydrogen-bond donors (Lipinski definition) is 0. The highest BCUT2D eigenvalue weighted by molar-refractivity contribution is 8.17. The van der Waals surface area contributed by atoms with Crippen LogP contribution >= 0.6 is 23.1 Å². The second-order valence-corrected chi connectivity index (χ2v) is 7.80. The summed E-state index contributed by atoms with van der Waals surface area (Å²) in [5, 5.41) is 4.79. The van der Waals surface area contributed by atoms with Crippen molar-refractivity contribution < 1.29 is 0 Å². The van der Waals surface area contributed by atoms with Gasteiger partial charge in [-0.3, -0.25) is 4.99 Å². The van der Waals surface area contributed by atoms with Gasteiger partial charge in [0.25, 0.3) is 0 Å². The lowest BCUT2D eigenvalue weighted by Gasteiger charge is -2.19. The zero-order valence-electron chi connectivity index (χ0n) is 12.5. The highest BCUT2D eigenvalue weighted by Crippen LogP contribution is 2.47. The first-order chi connectivity index (χ1) is 10.2. The molecule has 0 amide bonds. The first-order valence-corrected chi connectivity index (χ1v) is 9.07. The maximum absolute atomic E-state index is 4.66. The SMILES string of the molecule is Cc1ccc(C2=C(C(C)C)SC3=NCCN32)c2sccc12. The summed E-state index contributed by atoms with van der Waals surface area (Å²) in [5.41, 5.74) is 4.15. The lowest BCUT2D eigenvalue weighted by molar-refractivity contribution is 0.641. The van der Waals surface area contributed by atoms with Crippen molar-refractivity contribution in [2.24, 2.45) is 10.9 Å². The van der Waals surface area contributed by atoms with Crippen LogP contribution in [0, 0.1) is 12.8 Å². The molecule has 1 aromatic heterocycles. The first kappa shape index (κ1) is 13.4. The highest BCUT2D eigenvalue weighted by Gasteiger charge is 2.34. The Bertz CT molecular complexity index is 783. The molecular formula is C17H18N2S2. The zero-order chi connectivity index (χ0) is 14.6. The van der Waals surface area contributed by atoms with Crippen molar-refractivity contribution in [2.75, 3.05) is 13.1 Å². The summed E-state index contributed by atoms with van der Waals surface area (Å²) in [7, 11) is 0. The van der Waals surface area contributed by atoms with E-state index in [2.05, 4.69) is 54.2 Å². The minimum absolute atomic E-state index is 0.537. The lowest BCUT2D eigenvalue weighted by Crippen LogP contribution is -2.20. The Hall–Kier alpha value is -1.26. The van der Waals surface area contributed by atoms with E-state index in [1.807, 2.05) is 23.1 Å². The summed E-state index contributed by atoms with van der Waals surface area (Å²) in [5.74, 6) is 0.537. The Kier molecular flexibility index (Phi) is 3.12. The van der Waals surface area contributed by atoms with Gasteiger partial charge in [0, 0.05) is 21.7 Å². The topological polar surface area (TPSA) is 15.6 Å². The molecule has 0 spiro atoms. The molecule has 3 heterocycles. The predicted molar refractivity (Wildman–Crippen MR) is 94.9 cm³/mol. The van der Waals surface area contributed by atoms with Crippen LogP contribution in [0.25, 0.3) is 15.8 Å². The summed E-state index contributed by atoms with van der Waals surface area (Å²) in [6.45, 7) is 8.71. The maximum atomic E-state index is 4.66. The van der Waals surface area contributed by atoms with Gasteiger partial charge in [0.15, 0.2) is 5.17 Å². The largest absolute Gasteiger partial charge is 0.318 e. The van der Waals surface area contributed by atoms with E-state index in [0.29, 0.717) is 5.92 Å². The van der Waals surface area contributed by atoms with E-state index < -0.39 is 0 Å². The molecule has 0 aliphatic carbocycles. The standard InChI is InChI=1S/C17H18N2S2/c1-10(2)15-14(19-8-7-18-17(19)21-15)13-5-4-11(3)12-6-9-20-16(12)13/h4-6,9-10H,7-8H2,1-3H3. The maximum Gasteiger partial charge on any atom is 0.168 e. The minimum atomic E-state index is 0.537. The Labute approximate surface area is 133 Å². The van der Waals surface area contributed by atoms with E-state index in [4.69, 9.17) is 0 Å². The molecular weight excluding hydrogens is 296 g/mol. The van der Waals surface area contributed by atoms with Crippen LogP contribution < -0.4 is 0 Å². The zero-order valence-corrected chi connectivity index (χ0v) is 14.1. The van der Waals surface area contributed by atoms with Crippen LogP contribution in [0.4, 0.5) is 0 Å². The average molecular weight is 314 g/mol. The molecule has 2 aliphatic heterocycles. The molecule has 0 atom stereocenters. The summed E-state index contributed by atoms with van der Waals surface area (Å²) >= 11 is 3.72. The molecule has 0 fully saturated rings. The van der Waals surface area contributed by atoms with E-state index in [0.717, 1.165) is 13.1 Å². The van der Waals surface area contributed by atoms with E-state index in [-0.39, 0.29) is 0 Å². The van der Waals surface area contributed by atoms with Crippen LogP contribution in [0.5, 0.6) is 0 Å². The smallest absolute Gasteiger partial charge is 0.168 e. The van der Waals surface area contributed by atoms with Gasteiger partial charge < -0.3 is 4.90 Å². The quantitative estimate of drug-likeness (QED) is 0.779. The van der Waals surface area contributed by atoms with Gasteiger partial charge in [-0.25, -0.2) is 0 Å². The van der Waals surface area contributed by atoms with Crippen molar-refractivity contribution in [3.63, 3.8) is 0 Å². The van der Waals surface area contributed by atoms with Crippen LogP contribution in [-0.4, -0.2) is 23.2 Å². The fourth-order valence-corrected chi connectivity index (χ4v) is 5.24. The van der Waals surface area contributed by atoms with Crippen molar-refractivity contribution >= 4 is 44.0 Å². The van der Waals surface area contributed by atoms with E-state index >= 15 is 0 Å². The fraction of sp³-hybridized carbons (Fsp3) is 0.353. The van der Waals surface area contributed by atoms with Crippen LogP contribution in [-0.2, 0) is 0 Å². The molecule has 0 N–H and O–H groups in total. The molecule has 0 bridgehead atoms. The van der Waals surface area contributed by atoms with E-state index in [1.165, 1.54) is 37.0 Å². The number of amidine groups is 1. The number of aliphatic imine (C=N–C) groups is 1. The van der Waals surface area contributed by atoms with Crippen LogP contribution in [0.15, 0.2) is 33.5 Å². The second-order valence-electron chi connectivity index (χ2n) is 5.88. The minimum Gasteiger partial charge on any atom is -0.318 e. The van der Waals surface area contributed by atoms with Crippen LogP contribution in [0.3, 0.4) is 0 Å². The summed E-state index contributed by atoms with van der Waals surface area (Å²) in [6.07, 6.45) is 0. The van der Waals surface area contributed by atoms with Gasteiger partial charge in [-0.2, -0.15) is 0 Å². The average Bonchev–Trinajstić information content (AvgIpc) is 3.13. The van der Waals surface area contributed by atoms with Crippen molar-refractivity contribution in [2.45, 2.75) is 20.8 Å². The third-order valence-electron chi connectivity index (χ3n) is 4.12. The Balaban J connectivity index is 1.97. The predicted octanol–water partition coefficient (Wildman–Crippen LogP) is 4.95. The Morgan fingerprint density at radius 1 is 1.24 bits per heavy atom. The van der Waals surface area contributed by atoms with Crippen molar-refractivity contribution in [1.29, 1.82) is 0 Å². The molecule has 2 aliphatic rings. The monoisotopic (exact) mass is 314 g/mol. The number of benzene rings is 1. The van der Waals surface area contributed by atoms with Gasteiger partial charge in [0.1, 0.15) is 0 Å². The normalized spacial score (nSPS) is 18.1. The Morgan fingerprint density at radius 2 is 2.10 bits per heavy atom. The number of aryl methyl sites for hydroxylation is 1. The molecule has 2 nitrogen and oxygen atoms in total. The molecule has 0 radical (unpaired) electrons. The van der Waals surface area contributed by atoms with Gasteiger partial charge in [-0.1, -0.05) is 37.7 Å². The van der Waals surface area contributed by atoms with Crippen LogP contribution in [0.2, 0.25) is 0 Å². The number of fused-ring (bicyclic) bond motifs is 2. The van der Waals surface area contributed by atoms with E-state index in [9.17, 15) is 0 Å². The van der Waals surface area contributed by atoms with Gasteiger partial charge in [-0.15, -0.1) is 11.3 Å². The van der Waals surface area contributed by atoms with Gasteiger partial charge >= 0.3 is 0 Å². The molecule has 0 unspecified atom stereocenters. The molecule has 0 saturated carbocycles. The summed E-state index contributed by atoms with van der Waals surface area (Å²) < 4.78 is 1.41. The molecule has 1 aromatic carbocycles. The number of rotatable bonds is 2. The number of thioether (sulfide) groups is 1. The van der Waals surface area contributed by atoms with Gasteiger partial charge in [0.05, 0.1) is 12.2 Å². The summed E-state index contributed by atoms with van der Waals surface area (Å²) in [6, 6.07) is 6.80. The molecule has 108 valence electrons. The van der Waals surface area contributed by atoms with Crippen LogP contribution in [0.1, 0.15) is 25.0 Å². The molecule has 2 aromatic rings. The fourth-order valence-electron chi connectivity index (χ4n) is 3.06. The first-order valence-electron chi connectivity index (χ1n) is 7.38.